The molecule has 0 amide bonds. The summed E-state index contributed by atoms with van der Waals surface area (Å²) in [6, 6.07) is 22.2. The largest absolute Gasteiger partial charge is 0.474 e. The molecule has 4 rings (SSSR count). The van der Waals surface area contributed by atoms with Crippen molar-refractivity contribution in [3.05, 3.63) is 101 Å². The number of benzene rings is 3. The molecule has 5 heteroatoms. The van der Waals surface area contributed by atoms with E-state index in [1.165, 1.54) is 5.56 Å². The van der Waals surface area contributed by atoms with Crippen LogP contribution < -0.4 is 9.47 Å². The highest BCUT2D eigenvalue weighted by atomic mass is 16.6. The van der Waals surface area contributed by atoms with Crippen molar-refractivity contribution in [1.82, 2.24) is 0 Å². The Morgan fingerprint density at radius 3 is 2.35 bits per heavy atom. The molecule has 1 heterocycles. The molecule has 3 aromatic rings. The molecular weight excluding hydrogens is 428 g/mol. The summed E-state index contributed by atoms with van der Waals surface area (Å²) in [6.45, 7) is 8.47. The predicted octanol–water partition coefficient (Wildman–Crippen LogP) is 6.28. The molecule has 0 saturated heterocycles. The number of carbonyl (C=O) groups excluding carboxylic acids is 2. The maximum Gasteiger partial charge on any atom is 0.352 e. The summed E-state index contributed by atoms with van der Waals surface area (Å²) in [4.78, 5) is 25.4. The summed E-state index contributed by atoms with van der Waals surface area (Å²) < 4.78 is 17.1. The van der Waals surface area contributed by atoms with Gasteiger partial charge in [-0.25, -0.2) is 4.79 Å². The molecule has 0 aliphatic carbocycles. The molecule has 0 N–H and O–H groups in total. The summed E-state index contributed by atoms with van der Waals surface area (Å²) in [5.74, 6) is 0.387. The molecule has 0 spiro atoms. The van der Waals surface area contributed by atoms with Crippen LogP contribution in [0.3, 0.4) is 0 Å². The number of hydrogen-bond donors (Lipinski definition) is 0. The van der Waals surface area contributed by atoms with E-state index in [1.807, 2.05) is 30.3 Å². The summed E-state index contributed by atoms with van der Waals surface area (Å²) in [6.07, 6.45) is 0.813. The molecular formula is C29H28O5. The molecule has 0 bridgehead atoms. The second-order valence-electron chi connectivity index (χ2n) is 9.13. The number of fused-ring (bicyclic) bond motifs is 1. The molecule has 0 aromatic heterocycles. The summed E-state index contributed by atoms with van der Waals surface area (Å²) in [5.41, 5.74) is 3.29. The number of rotatable bonds is 6. The van der Waals surface area contributed by atoms with E-state index in [4.69, 9.17) is 14.2 Å². The van der Waals surface area contributed by atoms with Crippen LogP contribution in [0.2, 0.25) is 0 Å². The molecule has 174 valence electrons. The van der Waals surface area contributed by atoms with Gasteiger partial charge >= 0.3 is 5.97 Å². The lowest BCUT2D eigenvalue weighted by molar-refractivity contribution is -0.151. The Balaban J connectivity index is 1.56. The van der Waals surface area contributed by atoms with Crippen molar-refractivity contribution in [3.8, 4) is 11.5 Å². The Kier molecular flexibility index (Phi) is 6.55. The van der Waals surface area contributed by atoms with Crippen molar-refractivity contribution in [2.45, 2.75) is 39.2 Å². The number of ether oxygens (including phenoxy) is 3. The number of esters is 1. The van der Waals surface area contributed by atoms with E-state index in [1.54, 1.807) is 43.3 Å². The van der Waals surface area contributed by atoms with Crippen LogP contribution in [0.1, 0.15) is 60.8 Å². The fourth-order valence-electron chi connectivity index (χ4n) is 3.71. The van der Waals surface area contributed by atoms with E-state index in [9.17, 15) is 9.59 Å². The Morgan fingerprint density at radius 1 is 1.00 bits per heavy atom. The highest BCUT2D eigenvalue weighted by molar-refractivity contribution is 6.14. The smallest absolute Gasteiger partial charge is 0.352 e. The van der Waals surface area contributed by atoms with Crippen LogP contribution in [0.4, 0.5) is 0 Å². The van der Waals surface area contributed by atoms with Gasteiger partial charge in [0.1, 0.15) is 11.5 Å². The lowest BCUT2D eigenvalue weighted by Crippen LogP contribution is -2.21. The Morgan fingerprint density at radius 2 is 1.71 bits per heavy atom. The van der Waals surface area contributed by atoms with Crippen molar-refractivity contribution in [3.63, 3.8) is 0 Å². The minimum Gasteiger partial charge on any atom is -0.474 e. The average molecular weight is 457 g/mol. The Bertz CT molecular complexity index is 1220. The number of ketones is 1. The van der Waals surface area contributed by atoms with Gasteiger partial charge in [0.2, 0.25) is 11.9 Å². The van der Waals surface area contributed by atoms with Gasteiger partial charge in [-0.3, -0.25) is 4.79 Å². The predicted molar refractivity (Wildman–Crippen MR) is 131 cm³/mol. The van der Waals surface area contributed by atoms with E-state index in [2.05, 4.69) is 32.9 Å². The Hall–Kier alpha value is -3.86. The van der Waals surface area contributed by atoms with Gasteiger partial charge in [-0.2, -0.15) is 0 Å². The van der Waals surface area contributed by atoms with Gasteiger partial charge in [-0.1, -0.05) is 75.4 Å². The summed E-state index contributed by atoms with van der Waals surface area (Å²) >= 11 is 0. The average Bonchev–Trinajstić information content (AvgIpc) is 3.12. The van der Waals surface area contributed by atoms with E-state index in [0.717, 1.165) is 5.56 Å². The maximum atomic E-state index is 12.9. The zero-order chi connectivity index (χ0) is 24.3. The lowest BCUT2D eigenvalue weighted by Gasteiger charge is -2.18. The third kappa shape index (κ3) is 5.04. The van der Waals surface area contributed by atoms with Crippen LogP contribution in [0.25, 0.3) is 6.08 Å². The molecule has 1 aliphatic rings. The minimum atomic E-state index is -0.923. The van der Waals surface area contributed by atoms with Gasteiger partial charge in [0.25, 0.3) is 0 Å². The van der Waals surface area contributed by atoms with Crippen molar-refractivity contribution < 1.29 is 23.8 Å². The van der Waals surface area contributed by atoms with Crippen LogP contribution in [-0.4, -0.2) is 18.4 Å². The van der Waals surface area contributed by atoms with E-state index in [0.29, 0.717) is 22.6 Å². The van der Waals surface area contributed by atoms with E-state index < -0.39 is 12.1 Å². The van der Waals surface area contributed by atoms with Crippen LogP contribution in [0.15, 0.2) is 78.6 Å². The van der Waals surface area contributed by atoms with Crippen molar-refractivity contribution >= 4 is 17.8 Å². The molecule has 1 atom stereocenters. The minimum absolute atomic E-state index is 0.0547. The fraction of sp³-hybridized carbons (Fsp3) is 0.241. The zero-order valence-corrected chi connectivity index (χ0v) is 19.8. The molecule has 0 radical (unpaired) electrons. The topological polar surface area (TPSA) is 61.8 Å². The second kappa shape index (κ2) is 9.56. The quantitative estimate of drug-likeness (QED) is 0.322. The number of Topliss-reactive ketones (excluding diaryl/α,β-unsaturated/α-hetero) is 1. The maximum absolute atomic E-state index is 12.9. The lowest BCUT2D eigenvalue weighted by atomic mass is 9.86. The number of carbonyl (C=O) groups is 2. The van der Waals surface area contributed by atoms with E-state index >= 15 is 0 Å². The van der Waals surface area contributed by atoms with Gasteiger partial charge in [0, 0.05) is 11.6 Å². The third-order valence-corrected chi connectivity index (χ3v) is 5.57. The van der Waals surface area contributed by atoms with Crippen LogP contribution in [-0.2, 0) is 14.9 Å². The molecule has 0 fully saturated rings. The molecule has 1 unspecified atom stereocenters. The molecule has 5 nitrogen and oxygen atoms in total. The number of hydrogen-bond acceptors (Lipinski definition) is 5. The molecule has 0 saturated carbocycles. The summed E-state index contributed by atoms with van der Waals surface area (Å²) in [5, 5.41) is 0. The van der Waals surface area contributed by atoms with Gasteiger partial charge in [0.15, 0.2) is 5.76 Å². The van der Waals surface area contributed by atoms with Gasteiger partial charge in [-0.15, -0.1) is 0 Å². The highest BCUT2D eigenvalue weighted by Gasteiger charge is 2.29. The first-order valence-corrected chi connectivity index (χ1v) is 11.3. The fourth-order valence-corrected chi connectivity index (χ4v) is 3.71. The number of allylic oxidation sites excluding steroid dienone is 1. The normalized spacial score (nSPS) is 14.9. The van der Waals surface area contributed by atoms with Gasteiger partial charge in [0.05, 0.1) is 12.2 Å². The van der Waals surface area contributed by atoms with Crippen molar-refractivity contribution in [2.75, 3.05) is 6.61 Å². The standard InChI is InChI=1S/C29H28O5/c1-5-32-28(31)27(20-9-7-6-8-10-20)33-22-15-16-23-24(18-22)34-25(26(23)30)17-19-11-13-21(14-12-19)29(2,3)4/h6-18,27H,5H2,1-4H3. The van der Waals surface area contributed by atoms with E-state index in [-0.39, 0.29) is 23.6 Å². The first-order valence-electron chi connectivity index (χ1n) is 11.3. The second-order valence-corrected chi connectivity index (χ2v) is 9.13. The monoisotopic (exact) mass is 456 g/mol. The zero-order valence-electron chi connectivity index (χ0n) is 19.8. The van der Waals surface area contributed by atoms with Crippen LogP contribution in [0.5, 0.6) is 11.5 Å². The first-order chi connectivity index (χ1) is 16.3. The Labute approximate surface area is 200 Å². The SMILES string of the molecule is CCOC(=O)C(Oc1ccc2c(c1)OC(=Cc1ccc(C(C)(C)C)cc1)C2=O)c1ccccc1. The van der Waals surface area contributed by atoms with Crippen molar-refractivity contribution in [2.24, 2.45) is 0 Å². The molecule has 1 aliphatic heterocycles. The first kappa shape index (κ1) is 23.3. The molecule has 3 aromatic carbocycles. The van der Waals surface area contributed by atoms with Crippen LogP contribution >= 0.6 is 0 Å². The van der Waals surface area contributed by atoms with Gasteiger partial charge < -0.3 is 14.2 Å². The third-order valence-electron chi connectivity index (χ3n) is 5.57. The highest BCUT2D eigenvalue weighted by Crippen LogP contribution is 2.36. The molecule has 34 heavy (non-hydrogen) atoms. The van der Waals surface area contributed by atoms with Crippen LogP contribution in [0, 0.1) is 0 Å². The van der Waals surface area contributed by atoms with Crippen molar-refractivity contribution in [1.29, 1.82) is 0 Å². The van der Waals surface area contributed by atoms with Gasteiger partial charge in [-0.05, 0) is 41.7 Å². The summed E-state index contributed by atoms with van der Waals surface area (Å²) in [7, 11) is 0.